The summed E-state index contributed by atoms with van der Waals surface area (Å²) >= 11 is 1.39. The number of carbonyl (C=O) groups excluding carboxylic acids is 1. The zero-order valence-electron chi connectivity index (χ0n) is 16.0. The Hall–Kier alpha value is -2.54. The van der Waals surface area contributed by atoms with Crippen LogP contribution in [0.25, 0.3) is 17.3 Å². The lowest BCUT2D eigenvalue weighted by Crippen LogP contribution is -2.43. The number of carbonyl (C=O) groups is 1. The fourth-order valence-electron chi connectivity index (χ4n) is 3.11. The molecule has 6 nitrogen and oxygen atoms in total. The van der Waals surface area contributed by atoms with E-state index in [0.29, 0.717) is 22.5 Å². The van der Waals surface area contributed by atoms with E-state index in [4.69, 9.17) is 4.42 Å². The van der Waals surface area contributed by atoms with E-state index < -0.39 is 0 Å². The van der Waals surface area contributed by atoms with Crippen LogP contribution in [0, 0.1) is 0 Å². The molecule has 0 N–H and O–H groups in total. The number of hydrogen-bond acceptors (Lipinski definition) is 5. The highest BCUT2D eigenvalue weighted by Gasteiger charge is 2.23. The normalized spacial score (nSPS) is 11.3. The maximum Gasteiger partial charge on any atom is 0.233 e. The molecule has 3 aromatic rings. The Morgan fingerprint density at radius 1 is 1.07 bits per heavy atom. The van der Waals surface area contributed by atoms with Gasteiger partial charge in [0.1, 0.15) is 0 Å². The number of nitrogens with zero attached hydrogens (tertiary/aromatic N) is 4. The van der Waals surface area contributed by atoms with Gasteiger partial charge < -0.3 is 9.32 Å². The Morgan fingerprint density at radius 2 is 1.78 bits per heavy atom. The zero-order valence-corrected chi connectivity index (χ0v) is 16.8. The van der Waals surface area contributed by atoms with E-state index in [9.17, 15) is 4.79 Å². The molecule has 0 atom stereocenters. The second-order valence-electron chi connectivity index (χ2n) is 6.73. The Balaban J connectivity index is 1.89. The predicted molar refractivity (Wildman–Crippen MR) is 107 cm³/mol. The lowest BCUT2D eigenvalue weighted by Gasteiger charge is -2.30. The van der Waals surface area contributed by atoms with Crippen molar-refractivity contribution >= 4 is 17.7 Å². The molecule has 0 aliphatic heterocycles. The number of rotatable bonds is 7. The molecule has 0 bridgehead atoms. The molecule has 2 heterocycles. The minimum absolute atomic E-state index is 0.0900. The van der Waals surface area contributed by atoms with Crippen LogP contribution in [0.15, 0.2) is 58.3 Å². The van der Waals surface area contributed by atoms with Gasteiger partial charge >= 0.3 is 0 Å². The van der Waals surface area contributed by atoms with Crippen molar-refractivity contribution in [1.82, 2.24) is 19.7 Å². The molecule has 3 rings (SSSR count). The average molecular weight is 385 g/mol. The molecule has 1 amide bonds. The lowest BCUT2D eigenvalue weighted by molar-refractivity contribution is -0.131. The highest BCUT2D eigenvalue weighted by atomic mass is 32.2. The predicted octanol–water partition coefficient (Wildman–Crippen LogP) is 4.26. The number of amides is 1. The van der Waals surface area contributed by atoms with E-state index in [1.165, 1.54) is 11.8 Å². The van der Waals surface area contributed by atoms with Crippen LogP contribution in [0.4, 0.5) is 0 Å². The van der Waals surface area contributed by atoms with Crippen molar-refractivity contribution in [3.8, 4) is 17.3 Å². The first-order valence-corrected chi connectivity index (χ1v) is 9.96. The summed E-state index contributed by atoms with van der Waals surface area (Å²) in [5.41, 5.74) is 0.924. The van der Waals surface area contributed by atoms with Gasteiger partial charge in [0.05, 0.1) is 12.0 Å². The smallest absolute Gasteiger partial charge is 0.233 e. The fraction of sp³-hybridized carbons (Fsp3) is 0.350. The highest BCUT2D eigenvalue weighted by molar-refractivity contribution is 7.99. The number of benzene rings is 1. The van der Waals surface area contributed by atoms with E-state index in [-0.39, 0.29) is 18.0 Å². The van der Waals surface area contributed by atoms with Gasteiger partial charge in [-0.15, -0.1) is 10.2 Å². The second-order valence-corrected chi connectivity index (χ2v) is 7.67. The summed E-state index contributed by atoms with van der Waals surface area (Å²) in [7, 11) is 0. The number of furan rings is 1. The average Bonchev–Trinajstić information content (AvgIpc) is 3.29. The maximum atomic E-state index is 12.7. The van der Waals surface area contributed by atoms with Crippen LogP contribution in [0.3, 0.4) is 0 Å². The molecule has 0 aliphatic carbocycles. The Morgan fingerprint density at radius 3 is 2.37 bits per heavy atom. The summed E-state index contributed by atoms with van der Waals surface area (Å²) in [6, 6.07) is 13.8. The van der Waals surface area contributed by atoms with Crippen molar-refractivity contribution < 1.29 is 9.21 Å². The van der Waals surface area contributed by atoms with Crippen LogP contribution in [0.5, 0.6) is 0 Å². The molecule has 0 spiro atoms. The second kappa shape index (κ2) is 8.43. The first kappa shape index (κ1) is 19.2. The van der Waals surface area contributed by atoms with Crippen LogP contribution in [-0.4, -0.2) is 43.4 Å². The molecule has 0 aliphatic rings. The van der Waals surface area contributed by atoms with Crippen molar-refractivity contribution in [2.45, 2.75) is 44.9 Å². The molecule has 0 unspecified atom stereocenters. The summed E-state index contributed by atoms with van der Waals surface area (Å²) in [6.45, 7) is 8.13. The molecule has 27 heavy (non-hydrogen) atoms. The SMILES string of the molecule is CC(C)N(C(=O)CSc1nnc(-c2ccco2)n1-c1ccccc1)C(C)C. The molecule has 0 fully saturated rings. The molecule has 2 aromatic heterocycles. The van der Waals surface area contributed by atoms with E-state index in [2.05, 4.69) is 10.2 Å². The van der Waals surface area contributed by atoms with Crippen LogP contribution in [-0.2, 0) is 4.79 Å². The highest BCUT2D eigenvalue weighted by Crippen LogP contribution is 2.28. The van der Waals surface area contributed by atoms with Crippen molar-refractivity contribution in [1.29, 1.82) is 0 Å². The van der Waals surface area contributed by atoms with Gasteiger partial charge in [-0.3, -0.25) is 9.36 Å². The van der Waals surface area contributed by atoms with Crippen LogP contribution in [0.1, 0.15) is 27.7 Å². The summed E-state index contributed by atoms with van der Waals surface area (Å²) in [6.07, 6.45) is 1.61. The third-order valence-electron chi connectivity index (χ3n) is 4.11. The van der Waals surface area contributed by atoms with Gasteiger partial charge in [0, 0.05) is 17.8 Å². The van der Waals surface area contributed by atoms with Gasteiger partial charge in [-0.1, -0.05) is 30.0 Å². The van der Waals surface area contributed by atoms with E-state index >= 15 is 0 Å². The lowest BCUT2D eigenvalue weighted by atomic mass is 10.2. The summed E-state index contributed by atoms with van der Waals surface area (Å²) in [5, 5.41) is 9.28. The monoisotopic (exact) mass is 384 g/mol. The zero-order chi connectivity index (χ0) is 19.4. The molecular formula is C20H24N4O2S. The molecule has 142 valence electrons. The van der Waals surface area contributed by atoms with E-state index in [1.807, 2.05) is 79.6 Å². The number of para-hydroxylation sites is 1. The van der Waals surface area contributed by atoms with Gasteiger partial charge in [0.25, 0.3) is 0 Å². The minimum atomic E-state index is 0.0900. The quantitative estimate of drug-likeness (QED) is 0.569. The molecular weight excluding hydrogens is 360 g/mol. The van der Waals surface area contributed by atoms with Gasteiger partial charge in [-0.2, -0.15) is 0 Å². The topological polar surface area (TPSA) is 64.2 Å². The largest absolute Gasteiger partial charge is 0.461 e. The third kappa shape index (κ3) is 4.24. The van der Waals surface area contributed by atoms with Crippen molar-refractivity contribution in [2.75, 3.05) is 5.75 Å². The first-order chi connectivity index (χ1) is 13.0. The number of aromatic nitrogens is 3. The molecule has 1 aromatic carbocycles. The van der Waals surface area contributed by atoms with Crippen molar-refractivity contribution in [3.05, 3.63) is 48.7 Å². The summed E-state index contributed by atoms with van der Waals surface area (Å²) < 4.78 is 7.44. The molecule has 7 heteroatoms. The molecule has 0 saturated carbocycles. The standard InChI is InChI=1S/C20H24N4O2S/c1-14(2)23(15(3)4)18(25)13-27-20-22-21-19(17-11-8-12-26-17)24(20)16-9-6-5-7-10-16/h5-12,14-15H,13H2,1-4H3. The van der Waals surface area contributed by atoms with Crippen LogP contribution < -0.4 is 0 Å². The summed E-state index contributed by atoms with van der Waals surface area (Å²) in [4.78, 5) is 14.6. The van der Waals surface area contributed by atoms with Crippen LogP contribution >= 0.6 is 11.8 Å². The van der Waals surface area contributed by atoms with Crippen molar-refractivity contribution in [2.24, 2.45) is 0 Å². The Labute approximate surface area is 163 Å². The Bertz CT molecular complexity index is 865. The van der Waals surface area contributed by atoms with E-state index in [0.717, 1.165) is 5.69 Å². The van der Waals surface area contributed by atoms with Gasteiger partial charge in [0.15, 0.2) is 10.9 Å². The summed E-state index contributed by atoms with van der Waals surface area (Å²) in [5.74, 6) is 1.65. The molecule has 0 saturated heterocycles. The van der Waals surface area contributed by atoms with E-state index in [1.54, 1.807) is 6.26 Å². The Kier molecular flexibility index (Phi) is 6.01. The van der Waals surface area contributed by atoms with Crippen molar-refractivity contribution in [3.63, 3.8) is 0 Å². The number of thioether (sulfide) groups is 1. The number of hydrogen-bond donors (Lipinski definition) is 0. The maximum absolute atomic E-state index is 12.7. The van der Waals surface area contributed by atoms with Gasteiger partial charge in [0.2, 0.25) is 11.7 Å². The molecule has 0 radical (unpaired) electrons. The minimum Gasteiger partial charge on any atom is -0.461 e. The third-order valence-corrected chi connectivity index (χ3v) is 5.03. The van der Waals surface area contributed by atoms with Gasteiger partial charge in [-0.05, 0) is 52.0 Å². The van der Waals surface area contributed by atoms with Crippen LogP contribution in [0.2, 0.25) is 0 Å². The van der Waals surface area contributed by atoms with Gasteiger partial charge in [-0.25, -0.2) is 0 Å². The fourth-order valence-corrected chi connectivity index (χ4v) is 3.93. The first-order valence-electron chi connectivity index (χ1n) is 8.97.